The first-order valence-electron chi connectivity index (χ1n) is 6.18. The largest absolute Gasteiger partial charge is 0.332 e. The maximum atomic E-state index is 12.0. The summed E-state index contributed by atoms with van der Waals surface area (Å²) in [6.45, 7) is 0. The summed E-state index contributed by atoms with van der Waals surface area (Å²) < 4.78 is 0. The Morgan fingerprint density at radius 2 is 1.65 bits per heavy atom. The van der Waals surface area contributed by atoms with Crippen LogP contribution in [0.15, 0.2) is 42.5 Å². The van der Waals surface area contributed by atoms with E-state index in [1.807, 2.05) is 0 Å². The van der Waals surface area contributed by atoms with Crippen molar-refractivity contribution in [3.05, 3.63) is 68.2 Å². The Labute approximate surface area is 146 Å². The number of thiocarbonyl (C=S) groups is 1. The average molecular weight is 370 g/mol. The summed E-state index contributed by atoms with van der Waals surface area (Å²) in [6, 6.07) is 10.0. The van der Waals surface area contributed by atoms with Crippen molar-refractivity contribution in [1.82, 2.24) is 5.32 Å². The van der Waals surface area contributed by atoms with Crippen LogP contribution in [-0.4, -0.2) is 15.9 Å². The SMILES string of the molecule is O=C(NC(=S)Nc1ccc([N+](=O)[O-])cc1)c1cc(Cl)cc(Cl)c1. The zero-order chi connectivity index (χ0) is 17.0. The third-order valence-electron chi connectivity index (χ3n) is 2.69. The van der Waals surface area contributed by atoms with Gasteiger partial charge in [-0.15, -0.1) is 0 Å². The van der Waals surface area contributed by atoms with Crippen molar-refractivity contribution in [3.63, 3.8) is 0 Å². The molecule has 1 amide bonds. The van der Waals surface area contributed by atoms with E-state index in [2.05, 4.69) is 10.6 Å². The highest BCUT2D eigenvalue weighted by molar-refractivity contribution is 7.80. The second kappa shape index (κ2) is 7.36. The van der Waals surface area contributed by atoms with Crippen LogP contribution in [0, 0.1) is 10.1 Å². The maximum absolute atomic E-state index is 12.0. The number of nitrogens with zero attached hydrogens (tertiary/aromatic N) is 1. The lowest BCUT2D eigenvalue weighted by molar-refractivity contribution is -0.384. The Morgan fingerprint density at radius 3 is 2.17 bits per heavy atom. The molecule has 0 fully saturated rings. The molecule has 0 unspecified atom stereocenters. The summed E-state index contributed by atoms with van der Waals surface area (Å²) in [4.78, 5) is 22.1. The van der Waals surface area contributed by atoms with Gasteiger partial charge in [0.05, 0.1) is 4.92 Å². The molecule has 0 saturated carbocycles. The van der Waals surface area contributed by atoms with Crippen molar-refractivity contribution >= 4 is 57.8 Å². The van der Waals surface area contributed by atoms with Gasteiger partial charge in [-0.05, 0) is 42.5 Å². The summed E-state index contributed by atoms with van der Waals surface area (Å²) in [5.41, 5.74) is 0.722. The fraction of sp³-hybridized carbons (Fsp3) is 0. The minimum absolute atomic E-state index is 0.0416. The molecule has 0 spiro atoms. The van der Waals surface area contributed by atoms with Crippen molar-refractivity contribution in [1.29, 1.82) is 0 Å². The molecule has 0 radical (unpaired) electrons. The zero-order valence-electron chi connectivity index (χ0n) is 11.4. The number of benzene rings is 2. The molecule has 2 aromatic carbocycles. The number of halogens is 2. The molecule has 0 aliphatic carbocycles. The molecule has 23 heavy (non-hydrogen) atoms. The molecule has 2 aromatic rings. The Morgan fingerprint density at radius 1 is 1.09 bits per heavy atom. The van der Waals surface area contributed by atoms with Gasteiger partial charge in [-0.2, -0.15) is 0 Å². The molecule has 0 heterocycles. The van der Waals surface area contributed by atoms with Gasteiger partial charge in [0.25, 0.3) is 11.6 Å². The molecule has 0 aromatic heterocycles. The Hall–Kier alpha value is -2.22. The monoisotopic (exact) mass is 369 g/mol. The first kappa shape index (κ1) is 17.1. The Bertz CT molecular complexity index is 761. The van der Waals surface area contributed by atoms with Gasteiger partial charge < -0.3 is 5.32 Å². The number of nitrogens with one attached hydrogen (secondary N) is 2. The maximum Gasteiger partial charge on any atom is 0.269 e. The molecule has 0 atom stereocenters. The Kier molecular flexibility index (Phi) is 5.49. The molecule has 0 bridgehead atoms. The summed E-state index contributed by atoms with van der Waals surface area (Å²) in [5, 5.41) is 16.5. The lowest BCUT2D eigenvalue weighted by Crippen LogP contribution is -2.34. The van der Waals surface area contributed by atoms with E-state index in [-0.39, 0.29) is 16.4 Å². The fourth-order valence-corrected chi connectivity index (χ4v) is 2.43. The van der Waals surface area contributed by atoms with E-state index in [4.69, 9.17) is 35.4 Å². The lowest BCUT2D eigenvalue weighted by Gasteiger charge is -2.10. The van der Waals surface area contributed by atoms with Gasteiger partial charge in [-0.25, -0.2) is 0 Å². The third-order valence-corrected chi connectivity index (χ3v) is 3.33. The van der Waals surface area contributed by atoms with Crippen molar-refractivity contribution in [2.24, 2.45) is 0 Å². The smallest absolute Gasteiger partial charge is 0.269 e. The molecule has 6 nitrogen and oxygen atoms in total. The van der Waals surface area contributed by atoms with Crippen LogP contribution in [0.3, 0.4) is 0 Å². The summed E-state index contributed by atoms with van der Waals surface area (Å²) >= 11 is 16.7. The predicted octanol–water partition coefficient (Wildman–Crippen LogP) is 4.03. The van der Waals surface area contributed by atoms with E-state index in [9.17, 15) is 14.9 Å². The molecule has 2 N–H and O–H groups in total. The van der Waals surface area contributed by atoms with Gasteiger partial charge in [-0.3, -0.25) is 20.2 Å². The first-order valence-corrected chi connectivity index (χ1v) is 7.34. The number of nitro benzene ring substituents is 1. The fourth-order valence-electron chi connectivity index (χ4n) is 1.69. The van der Waals surface area contributed by atoms with Crippen LogP contribution in [0.1, 0.15) is 10.4 Å². The van der Waals surface area contributed by atoms with Gasteiger partial charge in [0.15, 0.2) is 5.11 Å². The molecule has 0 aliphatic heterocycles. The second-order valence-electron chi connectivity index (χ2n) is 4.37. The summed E-state index contributed by atoms with van der Waals surface area (Å²) in [7, 11) is 0. The van der Waals surface area contributed by atoms with Gasteiger partial charge in [-0.1, -0.05) is 23.2 Å². The third kappa shape index (κ3) is 4.88. The van der Waals surface area contributed by atoms with Crippen LogP contribution in [-0.2, 0) is 0 Å². The number of carbonyl (C=O) groups is 1. The van der Waals surface area contributed by atoms with Gasteiger partial charge in [0.2, 0.25) is 0 Å². The van der Waals surface area contributed by atoms with Crippen LogP contribution in [0.2, 0.25) is 10.0 Å². The number of hydrogen-bond acceptors (Lipinski definition) is 4. The van der Waals surface area contributed by atoms with Crippen molar-refractivity contribution in [2.45, 2.75) is 0 Å². The summed E-state index contributed by atoms with van der Waals surface area (Å²) in [6.07, 6.45) is 0. The van der Waals surface area contributed by atoms with E-state index in [0.717, 1.165) is 0 Å². The van der Waals surface area contributed by atoms with Crippen LogP contribution in [0.4, 0.5) is 11.4 Å². The van der Waals surface area contributed by atoms with Gasteiger partial charge in [0, 0.05) is 33.4 Å². The molecule has 9 heteroatoms. The normalized spacial score (nSPS) is 10.0. The standard InChI is InChI=1S/C14H9Cl2N3O3S/c15-9-5-8(6-10(16)7-9)13(20)18-14(23)17-11-1-3-12(4-2-11)19(21)22/h1-7H,(H2,17,18,20,23). The van der Waals surface area contributed by atoms with E-state index in [1.165, 1.54) is 42.5 Å². The van der Waals surface area contributed by atoms with E-state index in [0.29, 0.717) is 15.7 Å². The predicted molar refractivity (Wildman–Crippen MR) is 93.2 cm³/mol. The van der Waals surface area contributed by atoms with Crippen molar-refractivity contribution < 1.29 is 9.72 Å². The summed E-state index contributed by atoms with van der Waals surface area (Å²) in [5.74, 6) is -0.478. The molecular formula is C14H9Cl2N3O3S. The minimum atomic E-state index is -0.507. The molecule has 118 valence electrons. The number of hydrogen-bond donors (Lipinski definition) is 2. The highest BCUT2D eigenvalue weighted by atomic mass is 35.5. The quantitative estimate of drug-likeness (QED) is 0.484. The van der Waals surface area contributed by atoms with E-state index < -0.39 is 10.8 Å². The van der Waals surface area contributed by atoms with E-state index >= 15 is 0 Å². The van der Waals surface area contributed by atoms with Crippen molar-refractivity contribution in [3.8, 4) is 0 Å². The molecule has 0 saturated heterocycles. The second-order valence-corrected chi connectivity index (χ2v) is 5.65. The Balaban J connectivity index is 2.01. The highest BCUT2D eigenvalue weighted by Gasteiger charge is 2.10. The average Bonchev–Trinajstić information content (AvgIpc) is 2.46. The molecular weight excluding hydrogens is 361 g/mol. The highest BCUT2D eigenvalue weighted by Crippen LogP contribution is 2.19. The van der Waals surface area contributed by atoms with Crippen molar-refractivity contribution in [2.75, 3.05) is 5.32 Å². The van der Waals surface area contributed by atoms with E-state index in [1.54, 1.807) is 0 Å². The molecule has 0 aliphatic rings. The first-order chi connectivity index (χ1) is 10.8. The molecule has 2 rings (SSSR count). The minimum Gasteiger partial charge on any atom is -0.332 e. The number of carbonyl (C=O) groups excluding carboxylic acids is 1. The van der Waals surface area contributed by atoms with Gasteiger partial charge in [0.1, 0.15) is 0 Å². The van der Waals surface area contributed by atoms with Gasteiger partial charge >= 0.3 is 0 Å². The van der Waals surface area contributed by atoms with Crippen LogP contribution in [0.5, 0.6) is 0 Å². The number of amides is 1. The number of anilines is 1. The number of non-ortho nitro benzene ring substituents is 1. The topological polar surface area (TPSA) is 84.3 Å². The van der Waals surface area contributed by atoms with Crippen LogP contribution < -0.4 is 10.6 Å². The zero-order valence-corrected chi connectivity index (χ0v) is 13.7. The number of rotatable bonds is 3. The van der Waals surface area contributed by atoms with Crippen LogP contribution in [0.25, 0.3) is 0 Å². The lowest BCUT2D eigenvalue weighted by atomic mass is 10.2. The van der Waals surface area contributed by atoms with Crippen LogP contribution >= 0.6 is 35.4 Å². The number of nitro groups is 1.